The molecule has 2 aromatic heterocycles. The molecule has 1 fully saturated rings. The summed E-state index contributed by atoms with van der Waals surface area (Å²) in [6.45, 7) is 2.09. The first-order chi connectivity index (χ1) is 13.0. The lowest BCUT2D eigenvalue weighted by molar-refractivity contribution is 0.449. The maximum atomic E-state index is 4.60. The molecule has 0 amide bonds. The molecule has 1 aliphatic heterocycles. The number of fused-ring (bicyclic) bond motifs is 1. The average molecular weight is 363 g/mol. The van der Waals surface area contributed by atoms with E-state index in [1.807, 2.05) is 31.3 Å². The van der Waals surface area contributed by atoms with Gasteiger partial charge in [-0.1, -0.05) is 6.07 Å². The van der Waals surface area contributed by atoms with Gasteiger partial charge in [0.1, 0.15) is 11.6 Å². The molecule has 0 unspecified atom stereocenters. The van der Waals surface area contributed by atoms with Gasteiger partial charge < -0.3 is 20.4 Å². The van der Waals surface area contributed by atoms with Crippen molar-refractivity contribution in [3.8, 4) is 0 Å². The largest absolute Gasteiger partial charge is 0.377 e. The highest BCUT2D eigenvalue weighted by atomic mass is 15.2. The van der Waals surface area contributed by atoms with Crippen LogP contribution < -0.4 is 20.4 Å². The summed E-state index contributed by atoms with van der Waals surface area (Å²) in [4.78, 5) is 17.4. The van der Waals surface area contributed by atoms with E-state index in [2.05, 4.69) is 62.8 Å². The summed E-state index contributed by atoms with van der Waals surface area (Å²) in [6, 6.07) is 8.51. The normalized spacial score (nSPS) is 14.1. The molecule has 0 atom stereocenters. The van der Waals surface area contributed by atoms with Gasteiger partial charge >= 0.3 is 0 Å². The third kappa shape index (κ3) is 3.50. The van der Waals surface area contributed by atoms with E-state index in [0.717, 1.165) is 30.1 Å². The molecule has 140 valence electrons. The number of nitrogens with one attached hydrogen (secondary N) is 2. The van der Waals surface area contributed by atoms with Crippen LogP contribution in [0.1, 0.15) is 11.5 Å². The summed E-state index contributed by atoms with van der Waals surface area (Å²) < 4.78 is 0. The van der Waals surface area contributed by atoms with Crippen LogP contribution in [0.2, 0.25) is 0 Å². The Labute approximate surface area is 159 Å². The molecule has 0 saturated carbocycles. The number of benzene rings is 1. The summed E-state index contributed by atoms with van der Waals surface area (Å²) in [7, 11) is 8.00. The summed E-state index contributed by atoms with van der Waals surface area (Å²) in [5, 5.41) is 8.99. The van der Waals surface area contributed by atoms with Gasteiger partial charge in [0, 0.05) is 70.7 Å². The Hall–Kier alpha value is -2.93. The highest BCUT2D eigenvalue weighted by molar-refractivity contribution is 5.96. The molecule has 1 aliphatic rings. The van der Waals surface area contributed by atoms with Crippen LogP contribution >= 0.6 is 0 Å². The van der Waals surface area contributed by atoms with Crippen molar-refractivity contribution < 1.29 is 0 Å². The molecule has 1 aromatic carbocycles. The molecule has 27 heavy (non-hydrogen) atoms. The molecular formula is C20H25N7. The zero-order chi connectivity index (χ0) is 19.0. The van der Waals surface area contributed by atoms with Gasteiger partial charge in [-0.2, -0.15) is 4.98 Å². The van der Waals surface area contributed by atoms with Crippen LogP contribution in [0.3, 0.4) is 0 Å². The minimum atomic E-state index is 0.585. The van der Waals surface area contributed by atoms with Crippen molar-refractivity contribution in [1.82, 2.24) is 20.3 Å². The van der Waals surface area contributed by atoms with Crippen LogP contribution in [-0.4, -0.2) is 56.2 Å². The van der Waals surface area contributed by atoms with Gasteiger partial charge in [-0.25, -0.2) is 9.97 Å². The lowest BCUT2D eigenvalue weighted by Crippen LogP contribution is -2.39. The summed E-state index contributed by atoms with van der Waals surface area (Å²) in [5.41, 5.74) is 2.57. The molecule has 0 radical (unpaired) electrons. The molecule has 3 heterocycles. The number of rotatable bonds is 5. The van der Waals surface area contributed by atoms with Crippen LogP contribution in [0.25, 0.3) is 10.8 Å². The van der Waals surface area contributed by atoms with Crippen molar-refractivity contribution in [2.45, 2.75) is 5.92 Å². The number of hydrogen-bond acceptors (Lipinski definition) is 7. The lowest BCUT2D eigenvalue weighted by atomic mass is 9.91. The number of pyridine rings is 1. The molecule has 0 aliphatic carbocycles. The summed E-state index contributed by atoms with van der Waals surface area (Å²) >= 11 is 0. The van der Waals surface area contributed by atoms with Gasteiger partial charge in [-0.15, -0.1) is 0 Å². The molecule has 0 bridgehead atoms. The molecule has 0 spiro atoms. The van der Waals surface area contributed by atoms with E-state index in [1.165, 1.54) is 16.6 Å². The Morgan fingerprint density at radius 3 is 2.48 bits per heavy atom. The van der Waals surface area contributed by atoms with E-state index in [-0.39, 0.29) is 0 Å². The Balaban J connectivity index is 1.71. The smallest absolute Gasteiger partial charge is 0.226 e. The average Bonchev–Trinajstić information content (AvgIpc) is 2.59. The molecule has 3 aromatic rings. The molecule has 7 heteroatoms. The van der Waals surface area contributed by atoms with E-state index in [9.17, 15) is 0 Å². The zero-order valence-electron chi connectivity index (χ0n) is 16.2. The Bertz CT molecular complexity index is 964. The molecule has 2 N–H and O–H groups in total. The predicted octanol–water partition coefficient (Wildman–Crippen LogP) is 2.59. The maximum Gasteiger partial charge on any atom is 0.226 e. The second-order valence-electron chi connectivity index (χ2n) is 7.34. The highest BCUT2D eigenvalue weighted by Crippen LogP contribution is 2.33. The summed E-state index contributed by atoms with van der Waals surface area (Å²) in [5.74, 6) is 2.75. The Morgan fingerprint density at radius 2 is 1.81 bits per heavy atom. The first kappa shape index (κ1) is 17.5. The minimum Gasteiger partial charge on any atom is -0.377 e. The van der Waals surface area contributed by atoms with Crippen molar-refractivity contribution in [2.75, 3.05) is 56.4 Å². The quantitative estimate of drug-likeness (QED) is 0.722. The first-order valence-corrected chi connectivity index (χ1v) is 9.10. The first-order valence-electron chi connectivity index (χ1n) is 9.10. The fourth-order valence-corrected chi connectivity index (χ4v) is 3.22. The fraction of sp³-hybridized carbons (Fsp3) is 0.350. The van der Waals surface area contributed by atoms with Crippen LogP contribution in [0.4, 0.5) is 23.3 Å². The third-order valence-electron chi connectivity index (χ3n) is 4.87. The third-order valence-corrected chi connectivity index (χ3v) is 4.87. The van der Waals surface area contributed by atoms with E-state index in [0.29, 0.717) is 11.9 Å². The van der Waals surface area contributed by atoms with E-state index < -0.39 is 0 Å². The van der Waals surface area contributed by atoms with Crippen LogP contribution in [0, 0.1) is 0 Å². The van der Waals surface area contributed by atoms with Gasteiger partial charge in [0.05, 0.1) is 0 Å². The fourth-order valence-electron chi connectivity index (χ4n) is 3.22. The number of aromatic nitrogens is 3. The van der Waals surface area contributed by atoms with E-state index in [1.54, 1.807) is 6.20 Å². The highest BCUT2D eigenvalue weighted by Gasteiger charge is 2.20. The Morgan fingerprint density at radius 1 is 1.00 bits per heavy atom. The van der Waals surface area contributed by atoms with Crippen LogP contribution in [0.15, 0.2) is 36.7 Å². The minimum absolute atomic E-state index is 0.585. The Kier molecular flexibility index (Phi) is 4.53. The van der Waals surface area contributed by atoms with Gasteiger partial charge in [-0.3, -0.25) is 0 Å². The van der Waals surface area contributed by atoms with Crippen molar-refractivity contribution in [1.29, 1.82) is 0 Å². The van der Waals surface area contributed by atoms with Crippen molar-refractivity contribution >= 4 is 34.0 Å². The topological polar surface area (TPSA) is 69.2 Å². The van der Waals surface area contributed by atoms with Crippen molar-refractivity contribution in [3.05, 3.63) is 42.2 Å². The molecule has 1 saturated heterocycles. The SMILES string of the molecule is CN(C)c1nccc(Nc2cc3cc(C4CNC4)cc(N(C)C)c3cn2)n1. The van der Waals surface area contributed by atoms with Gasteiger partial charge in [-0.05, 0) is 29.1 Å². The number of anilines is 4. The van der Waals surface area contributed by atoms with Crippen LogP contribution in [0.5, 0.6) is 0 Å². The number of nitrogens with zero attached hydrogens (tertiary/aromatic N) is 5. The molecule has 7 nitrogen and oxygen atoms in total. The second kappa shape index (κ2) is 7.00. The maximum absolute atomic E-state index is 4.60. The van der Waals surface area contributed by atoms with Gasteiger partial charge in [0.15, 0.2) is 0 Å². The monoisotopic (exact) mass is 363 g/mol. The standard InChI is InChI=1S/C20H25N7/c1-26(2)17-8-13(15-10-21-11-15)7-14-9-19(23-12-16(14)17)24-18-5-6-22-20(25-18)27(3)4/h5-9,12,15,21H,10-11H2,1-4H3,(H,22,23,24,25). The van der Waals surface area contributed by atoms with Gasteiger partial charge in [0.2, 0.25) is 5.95 Å². The van der Waals surface area contributed by atoms with Crippen molar-refractivity contribution in [2.24, 2.45) is 0 Å². The van der Waals surface area contributed by atoms with E-state index >= 15 is 0 Å². The van der Waals surface area contributed by atoms with Crippen molar-refractivity contribution in [3.63, 3.8) is 0 Å². The van der Waals surface area contributed by atoms with Crippen LogP contribution in [-0.2, 0) is 0 Å². The van der Waals surface area contributed by atoms with E-state index in [4.69, 9.17) is 0 Å². The van der Waals surface area contributed by atoms with Gasteiger partial charge in [0.25, 0.3) is 0 Å². The zero-order valence-corrected chi connectivity index (χ0v) is 16.2. The number of hydrogen-bond donors (Lipinski definition) is 2. The molecule has 4 rings (SSSR count). The predicted molar refractivity (Wildman–Crippen MR) is 111 cm³/mol. The molecular weight excluding hydrogens is 338 g/mol. The summed E-state index contributed by atoms with van der Waals surface area (Å²) in [6.07, 6.45) is 3.68. The second-order valence-corrected chi connectivity index (χ2v) is 7.34. The lowest BCUT2D eigenvalue weighted by Gasteiger charge is -2.29.